The van der Waals surface area contributed by atoms with Crippen LogP contribution in [0.25, 0.3) is 0 Å². The Balaban J connectivity index is 1.97. The molecule has 2 saturated heterocycles. The van der Waals surface area contributed by atoms with Gasteiger partial charge >= 0.3 is 0 Å². The second kappa shape index (κ2) is 4.96. The van der Waals surface area contributed by atoms with E-state index in [1.165, 1.54) is 38.8 Å². The summed E-state index contributed by atoms with van der Waals surface area (Å²) in [7, 11) is 0. The second-order valence-electron chi connectivity index (χ2n) is 6.47. The first-order valence-electron chi connectivity index (χ1n) is 6.90. The van der Waals surface area contributed by atoms with Crippen LogP contribution in [0, 0.1) is 16.7 Å². The summed E-state index contributed by atoms with van der Waals surface area (Å²) >= 11 is 0. The van der Waals surface area contributed by atoms with Crippen molar-refractivity contribution in [3.05, 3.63) is 0 Å². The Morgan fingerprint density at radius 3 is 2.88 bits per heavy atom. The molecule has 2 atom stereocenters. The van der Waals surface area contributed by atoms with E-state index in [9.17, 15) is 0 Å². The predicted molar refractivity (Wildman–Crippen MR) is 66.7 cm³/mol. The van der Waals surface area contributed by atoms with Crippen molar-refractivity contribution >= 4 is 0 Å². The van der Waals surface area contributed by atoms with Crippen molar-refractivity contribution < 1.29 is 9.64 Å². The molecule has 2 heterocycles. The Labute approximate surface area is 105 Å². The van der Waals surface area contributed by atoms with Crippen LogP contribution in [0.2, 0.25) is 0 Å². The van der Waals surface area contributed by atoms with Crippen molar-refractivity contribution in [2.45, 2.75) is 51.6 Å². The minimum absolute atomic E-state index is 0.0515. The molecular formula is C14H25N2O+. The monoisotopic (exact) mass is 237 g/mol. The Kier molecular flexibility index (Phi) is 3.75. The van der Waals surface area contributed by atoms with Gasteiger partial charge in [0.05, 0.1) is 37.7 Å². The molecule has 1 N–H and O–H groups in total. The molecule has 0 aromatic rings. The quantitative estimate of drug-likeness (QED) is 0.782. The van der Waals surface area contributed by atoms with Gasteiger partial charge in [0.15, 0.2) is 0 Å². The number of nitrogens with zero attached hydrogens (tertiary/aromatic N) is 1. The zero-order chi connectivity index (χ0) is 12.4. The van der Waals surface area contributed by atoms with Crippen LogP contribution in [0.4, 0.5) is 0 Å². The normalized spacial score (nSPS) is 36.6. The zero-order valence-electron chi connectivity index (χ0n) is 11.2. The van der Waals surface area contributed by atoms with E-state index in [0.29, 0.717) is 11.8 Å². The molecule has 3 heteroatoms. The molecule has 2 fully saturated rings. The van der Waals surface area contributed by atoms with E-state index in [1.807, 2.05) is 0 Å². The van der Waals surface area contributed by atoms with E-state index in [-0.39, 0.29) is 5.60 Å². The van der Waals surface area contributed by atoms with Gasteiger partial charge in [-0.15, -0.1) is 0 Å². The first-order valence-corrected chi connectivity index (χ1v) is 6.90. The molecule has 0 aliphatic carbocycles. The van der Waals surface area contributed by atoms with E-state index >= 15 is 0 Å². The molecule has 1 spiro atoms. The lowest BCUT2D eigenvalue weighted by Crippen LogP contribution is -3.14. The molecule has 2 aliphatic heterocycles. The van der Waals surface area contributed by atoms with Crippen LogP contribution in [-0.4, -0.2) is 31.8 Å². The fraction of sp³-hybridized carbons (Fsp3) is 0.929. The SMILES string of the molecule is CC1(C)C[C@@]2(CCC[NH+](CCC#N)C2)CCO1. The van der Waals surface area contributed by atoms with Crippen LogP contribution in [0.1, 0.15) is 46.0 Å². The lowest BCUT2D eigenvalue weighted by atomic mass is 9.69. The maximum atomic E-state index is 8.70. The van der Waals surface area contributed by atoms with E-state index in [2.05, 4.69) is 19.9 Å². The average molecular weight is 237 g/mol. The highest BCUT2D eigenvalue weighted by Gasteiger charge is 2.45. The summed E-state index contributed by atoms with van der Waals surface area (Å²) < 4.78 is 5.85. The number of quaternary nitrogens is 1. The number of rotatable bonds is 2. The van der Waals surface area contributed by atoms with Crippen molar-refractivity contribution in [1.29, 1.82) is 5.26 Å². The standard InChI is InChI=1S/C14H24N2O/c1-13(2)11-14(6-10-17-13)5-3-8-16(12-14)9-4-7-15/h3-6,8-12H2,1-2H3/p+1/t14-/m1/s1. The van der Waals surface area contributed by atoms with Crippen molar-refractivity contribution in [2.75, 3.05) is 26.2 Å². The van der Waals surface area contributed by atoms with E-state index in [0.717, 1.165) is 13.2 Å². The van der Waals surface area contributed by atoms with E-state index < -0.39 is 0 Å². The molecule has 96 valence electrons. The summed E-state index contributed by atoms with van der Waals surface area (Å²) in [4.78, 5) is 1.63. The van der Waals surface area contributed by atoms with Gasteiger partial charge in [-0.05, 0) is 39.5 Å². The van der Waals surface area contributed by atoms with Crippen LogP contribution < -0.4 is 4.90 Å². The van der Waals surface area contributed by atoms with Crippen molar-refractivity contribution in [2.24, 2.45) is 5.41 Å². The van der Waals surface area contributed by atoms with Gasteiger partial charge in [0.25, 0.3) is 0 Å². The van der Waals surface area contributed by atoms with Gasteiger partial charge in [-0.25, -0.2) is 0 Å². The summed E-state index contributed by atoms with van der Waals surface area (Å²) in [6.45, 7) is 8.89. The third-order valence-corrected chi connectivity index (χ3v) is 4.38. The van der Waals surface area contributed by atoms with Crippen LogP contribution in [0.5, 0.6) is 0 Å². The minimum atomic E-state index is 0.0515. The number of hydrogen-bond acceptors (Lipinski definition) is 2. The molecule has 0 amide bonds. The molecule has 0 bridgehead atoms. The smallest absolute Gasteiger partial charge is 0.0903 e. The number of piperidine rings is 1. The fourth-order valence-corrected chi connectivity index (χ4v) is 3.82. The molecule has 0 radical (unpaired) electrons. The molecule has 0 saturated carbocycles. The largest absolute Gasteiger partial charge is 0.376 e. The van der Waals surface area contributed by atoms with Gasteiger partial charge in [0.2, 0.25) is 0 Å². The highest BCUT2D eigenvalue weighted by molar-refractivity contribution is 4.91. The predicted octanol–water partition coefficient (Wildman–Crippen LogP) is 1.15. The summed E-state index contributed by atoms with van der Waals surface area (Å²) in [5.74, 6) is 0. The minimum Gasteiger partial charge on any atom is -0.376 e. The molecule has 2 rings (SSSR count). The lowest BCUT2D eigenvalue weighted by Gasteiger charge is -2.48. The highest BCUT2D eigenvalue weighted by atomic mass is 16.5. The molecule has 17 heavy (non-hydrogen) atoms. The number of likely N-dealkylation sites (tertiary alicyclic amines) is 1. The van der Waals surface area contributed by atoms with Crippen LogP contribution >= 0.6 is 0 Å². The van der Waals surface area contributed by atoms with Gasteiger partial charge < -0.3 is 9.64 Å². The first-order chi connectivity index (χ1) is 8.05. The summed E-state index contributed by atoms with van der Waals surface area (Å²) in [6, 6.07) is 2.28. The first kappa shape index (κ1) is 12.9. The van der Waals surface area contributed by atoms with Gasteiger partial charge in [0, 0.05) is 12.0 Å². The van der Waals surface area contributed by atoms with Crippen molar-refractivity contribution in [1.82, 2.24) is 0 Å². The number of ether oxygens (including phenoxy) is 1. The summed E-state index contributed by atoms with van der Waals surface area (Å²) in [5, 5.41) is 8.70. The summed E-state index contributed by atoms with van der Waals surface area (Å²) in [6.07, 6.45) is 5.78. The van der Waals surface area contributed by atoms with Crippen molar-refractivity contribution in [3.8, 4) is 6.07 Å². The van der Waals surface area contributed by atoms with Crippen molar-refractivity contribution in [3.63, 3.8) is 0 Å². The molecular weight excluding hydrogens is 212 g/mol. The Morgan fingerprint density at radius 1 is 1.35 bits per heavy atom. The molecule has 1 unspecified atom stereocenters. The Morgan fingerprint density at radius 2 is 2.18 bits per heavy atom. The average Bonchev–Trinajstić information content (AvgIpc) is 2.25. The second-order valence-corrected chi connectivity index (χ2v) is 6.47. The van der Waals surface area contributed by atoms with Gasteiger partial charge in [-0.1, -0.05) is 0 Å². The van der Waals surface area contributed by atoms with E-state index in [4.69, 9.17) is 10.00 Å². The maximum absolute atomic E-state index is 8.70. The fourth-order valence-electron chi connectivity index (χ4n) is 3.82. The molecule has 0 aromatic carbocycles. The Hall–Kier alpha value is -0.590. The third-order valence-electron chi connectivity index (χ3n) is 4.38. The molecule has 0 aromatic heterocycles. The van der Waals surface area contributed by atoms with Gasteiger partial charge in [-0.2, -0.15) is 5.26 Å². The van der Waals surface area contributed by atoms with Crippen LogP contribution in [0.15, 0.2) is 0 Å². The number of nitrogens with one attached hydrogen (secondary N) is 1. The number of hydrogen-bond donors (Lipinski definition) is 1. The summed E-state index contributed by atoms with van der Waals surface area (Å²) in [5.41, 5.74) is 0.542. The van der Waals surface area contributed by atoms with Gasteiger partial charge in [0.1, 0.15) is 0 Å². The topological polar surface area (TPSA) is 37.5 Å². The van der Waals surface area contributed by atoms with Crippen LogP contribution in [-0.2, 0) is 4.74 Å². The molecule has 3 nitrogen and oxygen atoms in total. The maximum Gasteiger partial charge on any atom is 0.0903 e. The van der Waals surface area contributed by atoms with Gasteiger partial charge in [-0.3, -0.25) is 0 Å². The molecule has 2 aliphatic rings. The highest BCUT2D eigenvalue weighted by Crippen LogP contribution is 2.42. The zero-order valence-corrected chi connectivity index (χ0v) is 11.2. The van der Waals surface area contributed by atoms with E-state index in [1.54, 1.807) is 4.90 Å². The third kappa shape index (κ3) is 3.20. The number of nitriles is 1. The Bertz CT molecular complexity index is 304. The lowest BCUT2D eigenvalue weighted by molar-refractivity contribution is -0.913. The van der Waals surface area contributed by atoms with Crippen LogP contribution in [0.3, 0.4) is 0 Å².